The molecule has 1 aliphatic heterocycles. The zero-order valence-corrected chi connectivity index (χ0v) is 14.1. The molecular weight excluding hydrogens is 353 g/mol. The lowest BCUT2D eigenvalue weighted by Crippen LogP contribution is -2.31. The van der Waals surface area contributed by atoms with Gasteiger partial charge in [-0.05, 0) is 42.0 Å². The summed E-state index contributed by atoms with van der Waals surface area (Å²) in [5.41, 5.74) is 1.49. The van der Waals surface area contributed by atoms with Crippen LogP contribution in [0.4, 0.5) is 5.69 Å². The van der Waals surface area contributed by atoms with Crippen molar-refractivity contribution in [3.8, 4) is 5.75 Å². The van der Waals surface area contributed by atoms with Crippen LogP contribution in [0.3, 0.4) is 0 Å². The van der Waals surface area contributed by atoms with Crippen LogP contribution < -0.4 is 10.1 Å². The molecule has 1 unspecified atom stereocenters. The molecule has 1 amide bonds. The molecular formula is C17H13Cl2NO4. The number of halogens is 2. The maximum Gasteiger partial charge on any atom is 0.337 e. The van der Waals surface area contributed by atoms with E-state index in [9.17, 15) is 9.59 Å². The van der Waals surface area contributed by atoms with Crippen LogP contribution in [0.5, 0.6) is 5.75 Å². The summed E-state index contributed by atoms with van der Waals surface area (Å²) in [6, 6.07) is 9.72. The predicted molar refractivity (Wildman–Crippen MR) is 91.0 cm³/mol. The van der Waals surface area contributed by atoms with Gasteiger partial charge in [-0.3, -0.25) is 4.79 Å². The molecule has 0 radical (unpaired) electrons. The third kappa shape index (κ3) is 3.32. The molecule has 0 aliphatic carbocycles. The van der Waals surface area contributed by atoms with Crippen LogP contribution in [-0.4, -0.2) is 25.1 Å². The van der Waals surface area contributed by atoms with Crippen molar-refractivity contribution in [1.82, 2.24) is 0 Å². The second-order valence-corrected chi connectivity index (χ2v) is 6.08. The van der Waals surface area contributed by atoms with Crippen molar-refractivity contribution in [2.75, 3.05) is 12.4 Å². The Bertz CT molecular complexity index is 822. The minimum atomic E-state index is -0.684. The van der Waals surface area contributed by atoms with Gasteiger partial charge in [-0.1, -0.05) is 23.2 Å². The Morgan fingerprint density at radius 1 is 1.21 bits per heavy atom. The first-order chi connectivity index (χ1) is 11.5. The van der Waals surface area contributed by atoms with Crippen LogP contribution in [0.1, 0.15) is 15.9 Å². The lowest BCUT2D eigenvalue weighted by atomic mass is 10.1. The van der Waals surface area contributed by atoms with Gasteiger partial charge in [-0.25, -0.2) is 4.79 Å². The smallest absolute Gasteiger partial charge is 0.337 e. The van der Waals surface area contributed by atoms with E-state index >= 15 is 0 Å². The Morgan fingerprint density at radius 3 is 2.75 bits per heavy atom. The molecule has 1 aliphatic rings. The molecule has 0 aromatic heterocycles. The van der Waals surface area contributed by atoms with Crippen LogP contribution in [0, 0.1) is 0 Å². The van der Waals surface area contributed by atoms with Crippen molar-refractivity contribution in [3.63, 3.8) is 0 Å². The number of fused-ring (bicyclic) bond motifs is 1. The minimum absolute atomic E-state index is 0.291. The standard InChI is InChI=1S/C17H13Cl2NO4/c1-23-17(22)9-2-4-12(19)13(7-9)20-16(21)15-8-10-6-11(18)3-5-14(10)24-15/h2-7,15H,8H2,1H3,(H,20,21). The van der Waals surface area contributed by atoms with E-state index in [1.807, 2.05) is 0 Å². The number of hydrogen-bond donors (Lipinski definition) is 1. The average Bonchev–Trinajstić information content (AvgIpc) is 2.99. The number of rotatable bonds is 3. The molecule has 7 heteroatoms. The van der Waals surface area contributed by atoms with E-state index in [1.165, 1.54) is 25.3 Å². The van der Waals surface area contributed by atoms with Crippen molar-refractivity contribution >= 4 is 40.8 Å². The summed E-state index contributed by atoms with van der Waals surface area (Å²) < 4.78 is 10.3. The van der Waals surface area contributed by atoms with Crippen molar-refractivity contribution in [2.45, 2.75) is 12.5 Å². The highest BCUT2D eigenvalue weighted by atomic mass is 35.5. The molecule has 5 nitrogen and oxygen atoms in total. The van der Waals surface area contributed by atoms with Gasteiger partial charge in [-0.15, -0.1) is 0 Å². The summed E-state index contributed by atoms with van der Waals surface area (Å²) in [6.07, 6.45) is -0.271. The Labute approximate surface area is 148 Å². The second kappa shape index (κ2) is 6.71. The number of anilines is 1. The topological polar surface area (TPSA) is 64.6 Å². The molecule has 0 saturated carbocycles. The summed E-state index contributed by atoms with van der Waals surface area (Å²) in [7, 11) is 1.28. The fraction of sp³-hybridized carbons (Fsp3) is 0.176. The number of ether oxygens (including phenoxy) is 2. The minimum Gasteiger partial charge on any atom is -0.480 e. The number of benzene rings is 2. The Kier molecular flexibility index (Phi) is 4.64. The molecule has 0 saturated heterocycles. The number of esters is 1. The van der Waals surface area contributed by atoms with Gasteiger partial charge in [0.2, 0.25) is 0 Å². The fourth-order valence-electron chi connectivity index (χ4n) is 2.44. The molecule has 2 aromatic rings. The lowest BCUT2D eigenvalue weighted by Gasteiger charge is -2.13. The maximum atomic E-state index is 12.4. The third-order valence-electron chi connectivity index (χ3n) is 3.63. The van der Waals surface area contributed by atoms with Crippen LogP contribution >= 0.6 is 23.2 Å². The largest absolute Gasteiger partial charge is 0.480 e. The van der Waals surface area contributed by atoms with Crippen LogP contribution in [-0.2, 0) is 16.0 Å². The van der Waals surface area contributed by atoms with E-state index in [1.54, 1.807) is 18.2 Å². The molecule has 24 heavy (non-hydrogen) atoms. The van der Waals surface area contributed by atoms with E-state index in [-0.39, 0.29) is 5.91 Å². The number of amides is 1. The molecule has 0 spiro atoms. The van der Waals surface area contributed by atoms with Crippen LogP contribution in [0.25, 0.3) is 0 Å². The first-order valence-corrected chi connectivity index (χ1v) is 7.87. The molecule has 3 rings (SSSR count). The summed E-state index contributed by atoms with van der Waals surface area (Å²) >= 11 is 12.0. The van der Waals surface area contributed by atoms with Crippen molar-refractivity contribution in [3.05, 3.63) is 57.6 Å². The highest BCUT2D eigenvalue weighted by Gasteiger charge is 2.29. The predicted octanol–water partition coefficient (Wildman–Crippen LogP) is 3.72. The summed E-state index contributed by atoms with van der Waals surface area (Å²) in [6.45, 7) is 0. The molecule has 0 bridgehead atoms. The monoisotopic (exact) mass is 365 g/mol. The zero-order chi connectivity index (χ0) is 17.3. The van der Waals surface area contributed by atoms with E-state index in [2.05, 4.69) is 10.1 Å². The van der Waals surface area contributed by atoms with Gasteiger partial charge in [0, 0.05) is 11.4 Å². The number of carbonyl (C=O) groups excluding carboxylic acids is 2. The van der Waals surface area contributed by atoms with Gasteiger partial charge in [0.05, 0.1) is 23.4 Å². The first-order valence-electron chi connectivity index (χ1n) is 7.11. The van der Waals surface area contributed by atoms with Crippen LogP contribution in [0.2, 0.25) is 10.0 Å². The van der Waals surface area contributed by atoms with Gasteiger partial charge in [-0.2, -0.15) is 0 Å². The number of methoxy groups -OCH3 is 1. The summed E-state index contributed by atoms with van der Waals surface area (Å²) in [5.74, 6) is -0.235. The number of nitrogens with one attached hydrogen (secondary N) is 1. The maximum absolute atomic E-state index is 12.4. The van der Waals surface area contributed by atoms with Crippen molar-refractivity contribution in [2.24, 2.45) is 0 Å². The van der Waals surface area contributed by atoms with E-state index in [0.717, 1.165) is 5.56 Å². The lowest BCUT2D eigenvalue weighted by molar-refractivity contribution is -0.122. The van der Waals surface area contributed by atoms with Crippen molar-refractivity contribution < 1.29 is 19.1 Å². The van der Waals surface area contributed by atoms with Gasteiger partial charge in [0.15, 0.2) is 6.10 Å². The Morgan fingerprint density at radius 2 is 2.00 bits per heavy atom. The Hall–Kier alpha value is -2.24. The Balaban J connectivity index is 1.75. The fourth-order valence-corrected chi connectivity index (χ4v) is 2.80. The molecule has 124 valence electrons. The van der Waals surface area contributed by atoms with Gasteiger partial charge in [0.1, 0.15) is 5.75 Å². The number of hydrogen-bond acceptors (Lipinski definition) is 4. The molecule has 2 aromatic carbocycles. The highest BCUT2D eigenvalue weighted by molar-refractivity contribution is 6.34. The second-order valence-electron chi connectivity index (χ2n) is 5.24. The van der Waals surface area contributed by atoms with E-state index in [0.29, 0.717) is 33.5 Å². The molecule has 0 fully saturated rings. The van der Waals surface area contributed by atoms with Crippen molar-refractivity contribution in [1.29, 1.82) is 0 Å². The van der Waals surface area contributed by atoms with Gasteiger partial charge < -0.3 is 14.8 Å². The average molecular weight is 366 g/mol. The van der Waals surface area contributed by atoms with Crippen LogP contribution in [0.15, 0.2) is 36.4 Å². The highest BCUT2D eigenvalue weighted by Crippen LogP contribution is 2.32. The first kappa shape index (κ1) is 16.6. The van der Waals surface area contributed by atoms with E-state index < -0.39 is 12.1 Å². The normalized spacial score (nSPS) is 15.4. The molecule has 1 atom stereocenters. The third-order valence-corrected chi connectivity index (χ3v) is 4.20. The summed E-state index contributed by atoms with van der Waals surface area (Å²) in [5, 5.41) is 3.59. The van der Waals surface area contributed by atoms with Gasteiger partial charge >= 0.3 is 5.97 Å². The zero-order valence-electron chi connectivity index (χ0n) is 12.6. The van der Waals surface area contributed by atoms with E-state index in [4.69, 9.17) is 27.9 Å². The quantitative estimate of drug-likeness (QED) is 0.841. The molecule has 1 N–H and O–H groups in total. The molecule has 1 heterocycles. The summed E-state index contributed by atoms with van der Waals surface area (Å²) in [4.78, 5) is 24.0. The SMILES string of the molecule is COC(=O)c1ccc(Cl)c(NC(=O)C2Cc3cc(Cl)ccc3O2)c1. The number of carbonyl (C=O) groups is 2. The van der Waals surface area contributed by atoms with Gasteiger partial charge in [0.25, 0.3) is 5.91 Å².